The molecule has 1 unspecified atom stereocenters. The molecule has 0 aliphatic heterocycles. The normalized spacial score (nSPS) is 20.0. The number of anilines is 1. The minimum Gasteiger partial charge on any atom is -0.460 e. The highest BCUT2D eigenvalue weighted by molar-refractivity contribution is 9.10. The molecule has 1 fully saturated rings. The number of amides is 1. The molecule has 0 spiro atoms. The Bertz CT molecular complexity index is 841. The zero-order chi connectivity index (χ0) is 19.6. The van der Waals surface area contributed by atoms with Crippen LogP contribution in [-0.4, -0.2) is 26.9 Å². The number of hydrogen-bond donors (Lipinski definition) is 1. The van der Waals surface area contributed by atoms with Crippen LogP contribution in [0.5, 0.6) is 0 Å². The first kappa shape index (κ1) is 19.9. The summed E-state index contributed by atoms with van der Waals surface area (Å²) in [6.07, 6.45) is 7.54. The highest BCUT2D eigenvalue weighted by atomic mass is 79.9. The van der Waals surface area contributed by atoms with Crippen LogP contribution in [0, 0.1) is 11.8 Å². The molecular weight excluding hydrogens is 410 g/mol. The van der Waals surface area contributed by atoms with Gasteiger partial charge < -0.3 is 14.5 Å². The van der Waals surface area contributed by atoms with Gasteiger partial charge in [-0.3, -0.25) is 9.59 Å². The Kier molecular flexibility index (Phi) is 5.89. The summed E-state index contributed by atoms with van der Waals surface area (Å²) in [5.74, 6) is 0.786. The molecule has 27 heavy (non-hydrogen) atoms. The minimum atomic E-state index is -0.446. The fraction of sp³-hybridized carbons (Fsp3) is 0.550. The van der Waals surface area contributed by atoms with E-state index >= 15 is 0 Å². The first-order valence-electron chi connectivity index (χ1n) is 9.36. The van der Waals surface area contributed by atoms with E-state index in [1.165, 1.54) is 0 Å². The molecule has 1 N–H and O–H groups in total. The number of fused-ring (bicyclic) bond motifs is 1. The van der Waals surface area contributed by atoms with Crippen LogP contribution in [0.2, 0.25) is 0 Å². The van der Waals surface area contributed by atoms with Crippen LogP contribution in [0.15, 0.2) is 29.0 Å². The van der Waals surface area contributed by atoms with Crippen molar-refractivity contribution in [2.75, 3.05) is 5.32 Å². The van der Waals surface area contributed by atoms with Gasteiger partial charge in [0.15, 0.2) is 5.82 Å². The quantitative estimate of drug-likeness (QED) is 0.697. The Balaban J connectivity index is 1.49. The Hall–Kier alpha value is -1.89. The van der Waals surface area contributed by atoms with Crippen LogP contribution in [0.1, 0.15) is 52.9 Å². The smallest absolute Gasteiger partial charge is 0.306 e. The van der Waals surface area contributed by atoms with Gasteiger partial charge in [-0.2, -0.15) is 0 Å². The lowest BCUT2D eigenvalue weighted by atomic mass is 9.99. The molecule has 1 saturated carbocycles. The lowest BCUT2D eigenvalue weighted by Gasteiger charge is -2.20. The molecule has 7 heteroatoms. The van der Waals surface area contributed by atoms with Crippen LogP contribution >= 0.6 is 15.9 Å². The molecule has 0 aromatic carbocycles. The highest BCUT2D eigenvalue weighted by Crippen LogP contribution is 2.34. The van der Waals surface area contributed by atoms with Crippen molar-refractivity contribution in [2.45, 2.75) is 58.5 Å². The number of esters is 1. The minimum absolute atomic E-state index is 0.0113. The molecule has 1 amide bonds. The molecule has 0 bridgehead atoms. The van der Waals surface area contributed by atoms with Gasteiger partial charge in [0.1, 0.15) is 11.2 Å². The first-order valence-corrected chi connectivity index (χ1v) is 10.2. The van der Waals surface area contributed by atoms with Gasteiger partial charge in [0.2, 0.25) is 5.91 Å². The van der Waals surface area contributed by atoms with Crippen LogP contribution < -0.4 is 5.32 Å². The molecular formula is C20H26BrN3O3. The summed E-state index contributed by atoms with van der Waals surface area (Å²) in [6, 6.07) is 3.82. The van der Waals surface area contributed by atoms with E-state index in [0.29, 0.717) is 18.2 Å². The molecule has 0 saturated heterocycles. The number of halogens is 1. The number of pyridine rings is 1. The van der Waals surface area contributed by atoms with Crippen molar-refractivity contribution in [3.63, 3.8) is 0 Å². The van der Waals surface area contributed by atoms with E-state index in [9.17, 15) is 9.59 Å². The highest BCUT2D eigenvalue weighted by Gasteiger charge is 2.30. The van der Waals surface area contributed by atoms with Crippen LogP contribution in [0.4, 0.5) is 5.82 Å². The lowest BCUT2D eigenvalue weighted by molar-refractivity contribution is -0.155. The molecule has 6 nitrogen and oxygen atoms in total. The summed E-state index contributed by atoms with van der Waals surface area (Å²) in [5, 5.41) is 2.93. The Morgan fingerprint density at radius 1 is 1.37 bits per heavy atom. The summed E-state index contributed by atoms with van der Waals surface area (Å²) in [7, 11) is 0. The van der Waals surface area contributed by atoms with Gasteiger partial charge in [0.05, 0.1) is 6.20 Å². The van der Waals surface area contributed by atoms with Crippen molar-refractivity contribution >= 4 is 39.3 Å². The largest absolute Gasteiger partial charge is 0.460 e. The third-order valence-corrected chi connectivity index (χ3v) is 5.26. The lowest BCUT2D eigenvalue weighted by Crippen LogP contribution is -2.24. The molecule has 2 atom stereocenters. The number of carbonyl (C=O) groups is 2. The maximum atomic E-state index is 12.6. The van der Waals surface area contributed by atoms with E-state index < -0.39 is 5.60 Å². The van der Waals surface area contributed by atoms with Gasteiger partial charge in [-0.05, 0) is 64.5 Å². The van der Waals surface area contributed by atoms with Crippen LogP contribution in [-0.2, 0) is 14.3 Å². The second-order valence-corrected chi connectivity index (χ2v) is 9.14. The summed E-state index contributed by atoms with van der Waals surface area (Å²) in [4.78, 5) is 28.9. The number of aromatic nitrogens is 2. The van der Waals surface area contributed by atoms with E-state index in [1.54, 1.807) is 0 Å². The van der Waals surface area contributed by atoms with Crippen molar-refractivity contribution in [1.82, 2.24) is 9.38 Å². The molecule has 2 aromatic rings. The second kappa shape index (κ2) is 8.00. The molecule has 1 aliphatic rings. The average Bonchev–Trinajstić information content (AvgIpc) is 3.17. The Morgan fingerprint density at radius 3 is 2.89 bits per heavy atom. The van der Waals surface area contributed by atoms with Gasteiger partial charge in [-0.25, -0.2) is 4.98 Å². The fourth-order valence-electron chi connectivity index (χ4n) is 3.54. The van der Waals surface area contributed by atoms with Crippen LogP contribution in [0.3, 0.4) is 0 Å². The van der Waals surface area contributed by atoms with Crippen molar-refractivity contribution in [2.24, 2.45) is 11.8 Å². The number of rotatable bonds is 5. The third-order valence-electron chi connectivity index (χ3n) is 4.76. The van der Waals surface area contributed by atoms with E-state index in [1.807, 2.05) is 49.7 Å². The molecule has 2 aromatic heterocycles. The predicted octanol–water partition coefficient (Wildman–Crippen LogP) is 4.57. The van der Waals surface area contributed by atoms with Gasteiger partial charge in [-0.1, -0.05) is 15.9 Å². The zero-order valence-corrected chi connectivity index (χ0v) is 17.6. The first-order chi connectivity index (χ1) is 12.7. The van der Waals surface area contributed by atoms with E-state index in [-0.39, 0.29) is 17.8 Å². The summed E-state index contributed by atoms with van der Waals surface area (Å²) in [6.45, 7) is 5.62. The number of nitrogens with zero attached hydrogens (tertiary/aromatic N) is 2. The van der Waals surface area contributed by atoms with Gasteiger partial charge in [0.25, 0.3) is 0 Å². The number of hydrogen-bond acceptors (Lipinski definition) is 4. The standard InChI is InChI=1S/C20H26BrN3O3/c1-20(2,3)27-18(25)7-5-13-4-6-14(10-13)19(26)23-16-12-24-9-8-15(21)11-17(24)22-16/h8-9,11-14H,4-7,10H2,1-3H3,(H,23,26)/t13?,14-/m0/s1. The van der Waals surface area contributed by atoms with E-state index in [4.69, 9.17) is 4.74 Å². The SMILES string of the molecule is CC(C)(C)OC(=O)CCC1CC[C@H](C(=O)Nc2cn3ccc(Br)cc3n2)C1. The Labute approximate surface area is 167 Å². The van der Waals surface area contributed by atoms with Gasteiger partial charge in [0, 0.05) is 23.0 Å². The number of ether oxygens (including phenoxy) is 1. The molecule has 3 rings (SSSR count). The topological polar surface area (TPSA) is 72.7 Å². The van der Waals surface area contributed by atoms with Crippen LogP contribution in [0.25, 0.3) is 5.65 Å². The molecule has 1 aliphatic carbocycles. The van der Waals surface area contributed by atoms with Crippen molar-refractivity contribution in [1.29, 1.82) is 0 Å². The van der Waals surface area contributed by atoms with Gasteiger partial charge >= 0.3 is 5.97 Å². The molecule has 146 valence electrons. The predicted molar refractivity (Wildman–Crippen MR) is 107 cm³/mol. The summed E-state index contributed by atoms with van der Waals surface area (Å²) >= 11 is 3.42. The number of nitrogens with one attached hydrogen (secondary N) is 1. The van der Waals surface area contributed by atoms with Gasteiger partial charge in [-0.15, -0.1) is 0 Å². The van der Waals surface area contributed by atoms with E-state index in [2.05, 4.69) is 26.2 Å². The third kappa shape index (κ3) is 5.54. The monoisotopic (exact) mass is 435 g/mol. The van der Waals surface area contributed by atoms with Crippen molar-refractivity contribution < 1.29 is 14.3 Å². The Morgan fingerprint density at radius 2 is 2.15 bits per heavy atom. The maximum absolute atomic E-state index is 12.6. The average molecular weight is 436 g/mol. The zero-order valence-electron chi connectivity index (χ0n) is 16.0. The fourth-order valence-corrected chi connectivity index (χ4v) is 3.86. The summed E-state index contributed by atoms with van der Waals surface area (Å²) < 4.78 is 8.18. The molecule has 0 radical (unpaired) electrons. The summed E-state index contributed by atoms with van der Waals surface area (Å²) in [5.41, 5.74) is 0.333. The molecule has 2 heterocycles. The second-order valence-electron chi connectivity index (χ2n) is 8.23. The van der Waals surface area contributed by atoms with Crippen molar-refractivity contribution in [3.05, 3.63) is 29.0 Å². The van der Waals surface area contributed by atoms with E-state index in [0.717, 1.165) is 35.8 Å². The van der Waals surface area contributed by atoms with Crippen molar-refractivity contribution in [3.8, 4) is 0 Å². The number of imidazole rings is 1. The number of carbonyl (C=O) groups excluding carboxylic acids is 2. The maximum Gasteiger partial charge on any atom is 0.306 e.